The fraction of sp³-hybridized carbons (Fsp3) is 0.323. The number of benzene rings is 2. The largest absolute Gasteiger partial charge is 0.439 e. The van der Waals surface area contributed by atoms with Gasteiger partial charge in [0.05, 0.1) is 11.3 Å². The van der Waals surface area contributed by atoms with Crippen LogP contribution < -0.4 is 10.2 Å². The van der Waals surface area contributed by atoms with E-state index in [1.54, 1.807) is 18.3 Å². The molecule has 1 amide bonds. The second kappa shape index (κ2) is 9.97. The minimum atomic E-state index is -1.34. The van der Waals surface area contributed by atoms with Crippen LogP contribution in [0.4, 0.5) is 11.4 Å². The molecule has 0 radical (unpaired) electrons. The van der Waals surface area contributed by atoms with Gasteiger partial charge in [0.1, 0.15) is 5.69 Å². The van der Waals surface area contributed by atoms with Crippen LogP contribution in [0.15, 0.2) is 60.8 Å². The van der Waals surface area contributed by atoms with E-state index >= 15 is 0 Å². The number of nitrogens with zero attached hydrogens (tertiary/aromatic N) is 3. The summed E-state index contributed by atoms with van der Waals surface area (Å²) in [4.78, 5) is 32.9. The summed E-state index contributed by atoms with van der Waals surface area (Å²) in [5.74, 6) is -0.629. The van der Waals surface area contributed by atoms with Gasteiger partial charge in [-0.1, -0.05) is 31.2 Å². The van der Waals surface area contributed by atoms with Crippen LogP contribution in [0, 0.1) is 6.92 Å². The Morgan fingerprint density at radius 1 is 1.08 bits per heavy atom. The van der Waals surface area contributed by atoms with Gasteiger partial charge >= 0.3 is 5.97 Å². The van der Waals surface area contributed by atoms with E-state index in [4.69, 9.17) is 9.72 Å². The van der Waals surface area contributed by atoms with E-state index in [-0.39, 0.29) is 5.91 Å². The third-order valence-electron chi connectivity index (χ3n) is 7.46. The van der Waals surface area contributed by atoms with Crippen molar-refractivity contribution in [2.45, 2.75) is 53.2 Å². The molecule has 3 heterocycles. The molecule has 0 aliphatic carbocycles. The van der Waals surface area contributed by atoms with Crippen molar-refractivity contribution < 1.29 is 14.3 Å². The third-order valence-corrected chi connectivity index (χ3v) is 7.46. The van der Waals surface area contributed by atoms with Crippen LogP contribution in [0.3, 0.4) is 0 Å². The predicted molar refractivity (Wildman–Crippen MR) is 151 cm³/mol. The molecule has 0 saturated heterocycles. The van der Waals surface area contributed by atoms with Crippen molar-refractivity contribution >= 4 is 34.2 Å². The van der Waals surface area contributed by atoms with Gasteiger partial charge in [-0.05, 0) is 57.5 Å². The lowest BCUT2D eigenvalue weighted by Gasteiger charge is -2.32. The number of aryl methyl sites for hydroxylation is 1. The number of anilines is 2. The van der Waals surface area contributed by atoms with Crippen molar-refractivity contribution in [2.75, 3.05) is 23.3 Å². The minimum Gasteiger partial charge on any atom is -0.439 e. The van der Waals surface area contributed by atoms with Crippen LogP contribution in [0.2, 0.25) is 0 Å². The highest BCUT2D eigenvalue weighted by molar-refractivity contribution is 5.99. The van der Waals surface area contributed by atoms with Crippen LogP contribution in [0.25, 0.3) is 10.9 Å². The lowest BCUT2D eigenvalue weighted by Crippen LogP contribution is -2.33. The molecule has 38 heavy (non-hydrogen) atoms. The second-order valence-electron chi connectivity index (χ2n) is 9.68. The smallest absolute Gasteiger partial charge is 0.341 e. The van der Waals surface area contributed by atoms with E-state index in [2.05, 4.69) is 54.6 Å². The van der Waals surface area contributed by atoms with Crippen LogP contribution in [0.1, 0.15) is 67.0 Å². The SMILES string of the molecule is CCCn1c(C)c(C2(c3ccc(N(CC)CC)cc3NC(C)=O)OC(=O)c3cccnc32)c2ccccc21. The zero-order valence-corrected chi connectivity index (χ0v) is 22.7. The molecule has 5 rings (SSSR count). The number of cyclic esters (lactones) is 1. The summed E-state index contributed by atoms with van der Waals surface area (Å²) < 4.78 is 8.75. The Bertz CT molecular complexity index is 1540. The Morgan fingerprint density at radius 2 is 1.84 bits per heavy atom. The number of carbonyl (C=O) groups excluding carboxylic acids is 2. The van der Waals surface area contributed by atoms with Gasteiger partial charge in [-0.15, -0.1) is 0 Å². The molecule has 2 aromatic heterocycles. The summed E-state index contributed by atoms with van der Waals surface area (Å²) in [5.41, 5.74) is 4.83. The number of fused-ring (bicyclic) bond motifs is 2. The number of carbonyl (C=O) groups is 2. The molecule has 2 aromatic carbocycles. The highest BCUT2D eigenvalue weighted by Crippen LogP contribution is 2.52. The summed E-state index contributed by atoms with van der Waals surface area (Å²) >= 11 is 0. The molecular formula is C31H34N4O3. The molecule has 1 N–H and O–H groups in total. The summed E-state index contributed by atoms with van der Waals surface area (Å²) in [6.45, 7) is 12.4. The summed E-state index contributed by atoms with van der Waals surface area (Å²) in [6, 6.07) is 17.7. The molecular weight excluding hydrogens is 476 g/mol. The van der Waals surface area contributed by atoms with Gasteiger partial charge in [-0.25, -0.2) is 4.79 Å². The first-order chi connectivity index (χ1) is 18.4. The highest BCUT2D eigenvalue weighted by Gasteiger charge is 2.53. The van der Waals surface area contributed by atoms with Gasteiger partial charge in [0, 0.05) is 66.2 Å². The Kier molecular flexibility index (Phi) is 6.69. The fourth-order valence-electron chi connectivity index (χ4n) is 5.88. The van der Waals surface area contributed by atoms with Crippen molar-refractivity contribution in [1.82, 2.24) is 9.55 Å². The maximum absolute atomic E-state index is 13.4. The van der Waals surface area contributed by atoms with Crippen LogP contribution in [-0.2, 0) is 21.7 Å². The van der Waals surface area contributed by atoms with Gasteiger partial charge in [-0.2, -0.15) is 0 Å². The molecule has 0 bridgehead atoms. The Hall–Kier alpha value is -4.13. The summed E-state index contributed by atoms with van der Waals surface area (Å²) in [6.07, 6.45) is 2.65. The van der Waals surface area contributed by atoms with E-state index in [0.717, 1.165) is 53.9 Å². The van der Waals surface area contributed by atoms with E-state index < -0.39 is 11.6 Å². The monoisotopic (exact) mass is 510 g/mol. The normalized spacial score (nSPS) is 16.4. The predicted octanol–water partition coefficient (Wildman–Crippen LogP) is 6.02. The van der Waals surface area contributed by atoms with Crippen molar-refractivity contribution in [3.8, 4) is 0 Å². The maximum atomic E-state index is 13.4. The first-order valence-electron chi connectivity index (χ1n) is 13.3. The lowest BCUT2D eigenvalue weighted by atomic mass is 9.80. The Labute approximate surface area is 223 Å². The molecule has 1 aliphatic heterocycles. The van der Waals surface area contributed by atoms with Gasteiger partial charge in [0.15, 0.2) is 0 Å². The Balaban J connectivity index is 1.91. The molecule has 0 saturated carbocycles. The molecule has 196 valence electrons. The number of amides is 1. The van der Waals surface area contributed by atoms with E-state index in [0.29, 0.717) is 22.5 Å². The number of nitrogens with one attached hydrogen (secondary N) is 1. The number of ether oxygens (including phenoxy) is 1. The van der Waals surface area contributed by atoms with Crippen molar-refractivity contribution in [2.24, 2.45) is 0 Å². The number of rotatable bonds is 8. The summed E-state index contributed by atoms with van der Waals surface area (Å²) in [5, 5.41) is 4.03. The minimum absolute atomic E-state index is 0.200. The van der Waals surface area contributed by atoms with Gasteiger partial charge in [0.25, 0.3) is 0 Å². The van der Waals surface area contributed by atoms with Crippen molar-refractivity contribution in [3.63, 3.8) is 0 Å². The number of hydrogen-bond acceptors (Lipinski definition) is 5. The highest BCUT2D eigenvalue weighted by atomic mass is 16.6. The molecule has 7 heteroatoms. The summed E-state index contributed by atoms with van der Waals surface area (Å²) in [7, 11) is 0. The van der Waals surface area contributed by atoms with E-state index in [1.165, 1.54) is 6.92 Å². The zero-order valence-electron chi connectivity index (χ0n) is 22.7. The first-order valence-corrected chi connectivity index (χ1v) is 13.3. The fourth-order valence-corrected chi connectivity index (χ4v) is 5.88. The molecule has 1 aliphatic rings. The molecule has 0 spiro atoms. The molecule has 1 atom stereocenters. The maximum Gasteiger partial charge on any atom is 0.341 e. The average molecular weight is 511 g/mol. The number of aromatic nitrogens is 2. The van der Waals surface area contributed by atoms with E-state index in [1.807, 2.05) is 30.3 Å². The molecule has 1 unspecified atom stereocenters. The zero-order chi connectivity index (χ0) is 27.0. The quantitative estimate of drug-likeness (QED) is 0.293. The number of pyridine rings is 1. The first kappa shape index (κ1) is 25.5. The van der Waals surface area contributed by atoms with Gasteiger partial charge in [-0.3, -0.25) is 9.78 Å². The van der Waals surface area contributed by atoms with E-state index in [9.17, 15) is 9.59 Å². The molecule has 7 nitrogen and oxygen atoms in total. The van der Waals surface area contributed by atoms with Crippen molar-refractivity contribution in [1.29, 1.82) is 0 Å². The van der Waals surface area contributed by atoms with Crippen LogP contribution in [-0.4, -0.2) is 34.5 Å². The Morgan fingerprint density at radius 3 is 2.55 bits per heavy atom. The average Bonchev–Trinajstić information content (AvgIpc) is 3.36. The number of esters is 1. The molecule has 0 fully saturated rings. The standard InChI is InChI=1S/C31H34N4O3/c1-6-18-35-20(4)28(23-12-9-10-14-27(23)35)31(29-24(30(37)38-31)13-11-17-32-29)25-16-15-22(34(7-2)8-3)19-26(25)33-21(5)36/h9-17,19H,6-8,18H2,1-5H3,(H,33,36). The van der Waals surface area contributed by atoms with Crippen molar-refractivity contribution in [3.05, 3.63) is 88.9 Å². The second-order valence-corrected chi connectivity index (χ2v) is 9.68. The van der Waals surface area contributed by atoms with Crippen LogP contribution in [0.5, 0.6) is 0 Å². The van der Waals surface area contributed by atoms with Gasteiger partial charge in [0.2, 0.25) is 11.5 Å². The topological polar surface area (TPSA) is 76.5 Å². The third kappa shape index (κ3) is 3.85. The molecule has 4 aromatic rings. The number of hydrogen-bond donors (Lipinski definition) is 1. The van der Waals surface area contributed by atoms with Gasteiger partial charge < -0.3 is 19.5 Å². The van der Waals surface area contributed by atoms with Crippen LogP contribution >= 0.6 is 0 Å². The number of para-hydroxylation sites is 1. The lowest BCUT2D eigenvalue weighted by molar-refractivity contribution is -0.114.